The van der Waals surface area contributed by atoms with Crippen LogP contribution in [-0.2, 0) is 16.1 Å². The smallest absolute Gasteiger partial charge is 0.338 e. The second-order valence-corrected chi connectivity index (χ2v) is 6.49. The second kappa shape index (κ2) is 8.35. The molecule has 0 saturated carbocycles. The van der Waals surface area contributed by atoms with E-state index in [1.165, 1.54) is 41.4 Å². The summed E-state index contributed by atoms with van der Waals surface area (Å²) in [5.41, 5.74) is 2.66. The summed E-state index contributed by atoms with van der Waals surface area (Å²) in [6.07, 6.45) is 4.85. The summed E-state index contributed by atoms with van der Waals surface area (Å²) in [6, 6.07) is 11.2. The molecule has 1 aromatic carbocycles. The molecule has 0 N–H and O–H groups in total. The van der Waals surface area contributed by atoms with Crippen LogP contribution in [0.25, 0.3) is 0 Å². The predicted octanol–water partition coefficient (Wildman–Crippen LogP) is 2.59. The molecule has 0 unspecified atom stereocenters. The minimum Gasteiger partial charge on any atom is -0.452 e. The number of carbonyl (C=O) groups is 2. The zero-order valence-electron chi connectivity index (χ0n) is 14.2. The highest BCUT2D eigenvalue weighted by Crippen LogP contribution is 2.05. The Morgan fingerprint density at radius 1 is 1.15 bits per heavy atom. The van der Waals surface area contributed by atoms with Gasteiger partial charge in [0.2, 0.25) is 0 Å². The van der Waals surface area contributed by atoms with Crippen molar-refractivity contribution in [1.82, 2.24) is 9.55 Å². The first-order valence-corrected chi connectivity index (χ1v) is 8.84. The molecule has 132 valence electrons. The highest BCUT2D eigenvalue weighted by atomic mass is 32.1. The van der Waals surface area contributed by atoms with E-state index in [4.69, 9.17) is 4.74 Å². The van der Waals surface area contributed by atoms with Crippen molar-refractivity contribution in [3.8, 4) is 0 Å². The molecular weight excluding hydrogens is 350 g/mol. The van der Waals surface area contributed by atoms with Gasteiger partial charge >= 0.3 is 5.97 Å². The van der Waals surface area contributed by atoms with Crippen LogP contribution in [0.5, 0.6) is 0 Å². The zero-order chi connectivity index (χ0) is 18.4. The van der Waals surface area contributed by atoms with Gasteiger partial charge in [-0.3, -0.25) is 9.78 Å². The molecule has 0 saturated heterocycles. The van der Waals surface area contributed by atoms with Crippen molar-refractivity contribution in [2.75, 3.05) is 6.61 Å². The Hall–Kier alpha value is -3.06. The first kappa shape index (κ1) is 17.8. The lowest BCUT2D eigenvalue weighted by atomic mass is 10.1. The van der Waals surface area contributed by atoms with E-state index in [2.05, 4.69) is 9.98 Å². The molecule has 0 spiro atoms. The zero-order valence-corrected chi connectivity index (χ0v) is 15.0. The van der Waals surface area contributed by atoms with Crippen LogP contribution in [0.3, 0.4) is 0 Å². The van der Waals surface area contributed by atoms with Gasteiger partial charge in [-0.15, -0.1) is 11.3 Å². The van der Waals surface area contributed by atoms with Crippen LogP contribution in [0.2, 0.25) is 0 Å². The van der Waals surface area contributed by atoms with Gasteiger partial charge < -0.3 is 9.30 Å². The third-order valence-electron chi connectivity index (χ3n) is 3.60. The standard InChI is InChI=1S/C19H17N3O3S/c1-14-2-4-15(5-3-14)12-22-10-11-26-19(22)21-17(23)13-25-18(24)16-6-8-20-9-7-16/h2-11H,12-13H2,1H3. The maximum absolute atomic E-state index is 12.0. The van der Waals surface area contributed by atoms with Crippen molar-refractivity contribution in [2.24, 2.45) is 4.99 Å². The largest absolute Gasteiger partial charge is 0.452 e. The first-order valence-electron chi connectivity index (χ1n) is 7.96. The number of esters is 1. The summed E-state index contributed by atoms with van der Waals surface area (Å²) in [5.74, 6) is -1.08. The highest BCUT2D eigenvalue weighted by molar-refractivity contribution is 7.07. The Balaban J connectivity index is 1.64. The van der Waals surface area contributed by atoms with Gasteiger partial charge in [0.25, 0.3) is 5.91 Å². The van der Waals surface area contributed by atoms with Gasteiger partial charge in [-0.1, -0.05) is 29.8 Å². The van der Waals surface area contributed by atoms with Crippen molar-refractivity contribution in [3.05, 3.63) is 81.9 Å². The fourth-order valence-electron chi connectivity index (χ4n) is 2.23. The third kappa shape index (κ3) is 4.73. The summed E-state index contributed by atoms with van der Waals surface area (Å²) < 4.78 is 6.88. The molecule has 2 heterocycles. The number of aryl methyl sites for hydroxylation is 1. The third-order valence-corrected chi connectivity index (χ3v) is 4.39. The van der Waals surface area contributed by atoms with Crippen molar-refractivity contribution < 1.29 is 14.3 Å². The molecular formula is C19H17N3O3S. The summed E-state index contributed by atoms with van der Waals surface area (Å²) in [6.45, 7) is 2.25. The number of hydrogen-bond donors (Lipinski definition) is 0. The Bertz CT molecular complexity index is 959. The average molecular weight is 367 g/mol. The van der Waals surface area contributed by atoms with Gasteiger partial charge in [-0.2, -0.15) is 4.99 Å². The average Bonchev–Trinajstić information content (AvgIpc) is 3.09. The van der Waals surface area contributed by atoms with Gasteiger partial charge in [-0.05, 0) is 24.6 Å². The fraction of sp³-hybridized carbons (Fsp3) is 0.158. The summed E-state index contributed by atoms with van der Waals surface area (Å²) >= 11 is 1.36. The number of carbonyl (C=O) groups excluding carboxylic acids is 2. The van der Waals surface area contributed by atoms with Gasteiger partial charge in [0.15, 0.2) is 11.4 Å². The van der Waals surface area contributed by atoms with E-state index in [-0.39, 0.29) is 0 Å². The second-order valence-electron chi connectivity index (χ2n) is 5.62. The topological polar surface area (TPSA) is 73.6 Å². The lowest BCUT2D eigenvalue weighted by Gasteiger charge is -2.04. The summed E-state index contributed by atoms with van der Waals surface area (Å²) in [4.78, 5) is 32.3. The molecule has 0 atom stereocenters. The van der Waals surface area contributed by atoms with Gasteiger partial charge in [0, 0.05) is 30.5 Å². The number of aromatic nitrogens is 2. The number of amides is 1. The number of benzene rings is 1. The maximum Gasteiger partial charge on any atom is 0.338 e. The molecule has 0 fully saturated rings. The van der Waals surface area contributed by atoms with E-state index < -0.39 is 18.5 Å². The quantitative estimate of drug-likeness (QED) is 0.650. The lowest BCUT2D eigenvalue weighted by molar-refractivity contribution is -0.121. The van der Waals surface area contributed by atoms with E-state index >= 15 is 0 Å². The minimum atomic E-state index is -0.574. The van der Waals surface area contributed by atoms with E-state index in [0.717, 1.165) is 5.56 Å². The SMILES string of the molecule is Cc1ccc(Cn2ccsc2=NC(=O)COC(=O)c2ccncc2)cc1. The molecule has 0 aliphatic heterocycles. The number of thiazole rings is 1. The molecule has 7 heteroatoms. The minimum absolute atomic E-state index is 0.346. The number of pyridine rings is 1. The summed E-state index contributed by atoms with van der Waals surface area (Å²) in [5, 5.41) is 1.86. The fourth-order valence-corrected chi connectivity index (χ4v) is 2.98. The predicted molar refractivity (Wildman–Crippen MR) is 97.7 cm³/mol. The van der Waals surface area contributed by atoms with Gasteiger partial charge in [-0.25, -0.2) is 4.79 Å². The van der Waals surface area contributed by atoms with Crippen LogP contribution in [0, 0.1) is 6.92 Å². The van der Waals surface area contributed by atoms with Crippen LogP contribution in [0.1, 0.15) is 21.5 Å². The Morgan fingerprint density at radius 2 is 1.88 bits per heavy atom. The highest BCUT2D eigenvalue weighted by Gasteiger charge is 2.09. The van der Waals surface area contributed by atoms with Crippen LogP contribution in [-0.4, -0.2) is 28.0 Å². The Labute approximate surface area is 154 Å². The number of rotatable bonds is 5. The molecule has 0 bridgehead atoms. The van der Waals surface area contributed by atoms with Crippen molar-refractivity contribution in [2.45, 2.75) is 13.5 Å². The molecule has 26 heavy (non-hydrogen) atoms. The van der Waals surface area contributed by atoms with Crippen molar-refractivity contribution in [3.63, 3.8) is 0 Å². The van der Waals surface area contributed by atoms with Gasteiger partial charge in [0.1, 0.15) is 0 Å². The van der Waals surface area contributed by atoms with Crippen LogP contribution >= 0.6 is 11.3 Å². The van der Waals surface area contributed by atoms with Crippen LogP contribution in [0.4, 0.5) is 0 Å². The van der Waals surface area contributed by atoms with Crippen LogP contribution < -0.4 is 4.80 Å². The van der Waals surface area contributed by atoms with Crippen molar-refractivity contribution >= 4 is 23.2 Å². The van der Waals surface area contributed by atoms with E-state index in [9.17, 15) is 9.59 Å². The Morgan fingerprint density at radius 3 is 2.62 bits per heavy atom. The van der Waals surface area contributed by atoms with Crippen molar-refractivity contribution in [1.29, 1.82) is 0 Å². The molecule has 0 aliphatic carbocycles. The molecule has 0 aliphatic rings. The first-order chi connectivity index (χ1) is 12.6. The van der Waals surface area contributed by atoms with Gasteiger partial charge in [0.05, 0.1) is 5.56 Å². The molecule has 2 aromatic heterocycles. The Kier molecular flexibility index (Phi) is 5.70. The van der Waals surface area contributed by atoms with E-state index in [1.54, 1.807) is 0 Å². The van der Waals surface area contributed by atoms with E-state index in [0.29, 0.717) is 16.9 Å². The number of nitrogens with zero attached hydrogens (tertiary/aromatic N) is 3. The number of hydrogen-bond acceptors (Lipinski definition) is 5. The van der Waals surface area contributed by atoms with E-state index in [1.807, 2.05) is 47.3 Å². The molecule has 3 aromatic rings. The lowest BCUT2D eigenvalue weighted by Crippen LogP contribution is -2.20. The molecule has 6 nitrogen and oxygen atoms in total. The monoisotopic (exact) mass is 367 g/mol. The number of ether oxygens (including phenoxy) is 1. The normalized spacial score (nSPS) is 11.3. The molecule has 1 amide bonds. The molecule has 3 rings (SSSR count). The maximum atomic E-state index is 12.0. The van der Waals surface area contributed by atoms with Crippen LogP contribution in [0.15, 0.2) is 65.4 Å². The molecule has 0 radical (unpaired) electrons. The summed E-state index contributed by atoms with van der Waals surface area (Å²) in [7, 11) is 0.